The van der Waals surface area contributed by atoms with Crippen LogP contribution in [0.5, 0.6) is 0 Å². The highest BCUT2D eigenvalue weighted by molar-refractivity contribution is 5.95. The molecule has 2 N–H and O–H groups in total. The van der Waals surface area contributed by atoms with Crippen molar-refractivity contribution in [3.8, 4) is 0 Å². The van der Waals surface area contributed by atoms with E-state index >= 15 is 9.59 Å². The summed E-state index contributed by atoms with van der Waals surface area (Å²) in [6.07, 6.45) is -0.340. The van der Waals surface area contributed by atoms with E-state index in [1.54, 1.807) is 70.3 Å². The number of nitrogens with zero attached hydrogens (tertiary/aromatic N) is 8. The molecule has 2 aromatic heterocycles. The molecule has 4 aromatic rings. The molecule has 0 aliphatic carbocycles. The van der Waals surface area contributed by atoms with E-state index < -0.39 is 96.1 Å². The van der Waals surface area contributed by atoms with Crippen LogP contribution in [0.4, 0.5) is 0 Å². The zero-order chi connectivity index (χ0) is 65.4. The number of hydrogen-bond acceptors (Lipinski definition) is 16. The molecule has 2 aromatic carbocycles. The van der Waals surface area contributed by atoms with Gasteiger partial charge in [0.2, 0.25) is 0 Å². The Hall–Kier alpha value is -8.44. The molecule has 5 rings (SSSR count). The van der Waals surface area contributed by atoms with Crippen LogP contribution in [0.3, 0.4) is 0 Å². The van der Waals surface area contributed by atoms with Crippen molar-refractivity contribution in [3.63, 3.8) is 0 Å². The molecule has 6 amide bonds. The normalized spacial score (nSPS) is 22.0. The number of likely N-dealkylation sites (N-methyl/N-ethyl adjacent to an activating group) is 4. The number of cyclic esters (lactones) is 4. The molecular formula is C64H90N10O14. The fourth-order valence-corrected chi connectivity index (χ4v) is 10.3. The lowest BCUT2D eigenvalue weighted by atomic mass is 9.99. The summed E-state index contributed by atoms with van der Waals surface area (Å²) in [7, 11) is 8.50. The lowest BCUT2D eigenvalue weighted by Gasteiger charge is -2.35. The average Bonchev–Trinajstić information content (AvgIpc) is 4.32. The number of aromatic nitrogens is 4. The smallest absolute Gasteiger partial charge is 0.329 e. The van der Waals surface area contributed by atoms with Gasteiger partial charge < -0.3 is 49.2 Å². The van der Waals surface area contributed by atoms with E-state index in [2.05, 4.69) is 20.8 Å². The van der Waals surface area contributed by atoms with Crippen LogP contribution in [0, 0.1) is 23.7 Å². The summed E-state index contributed by atoms with van der Waals surface area (Å²) in [6.45, 7) is 17.9. The van der Waals surface area contributed by atoms with E-state index in [-0.39, 0.29) is 74.0 Å². The Balaban J connectivity index is 1.57. The lowest BCUT2D eigenvalue weighted by molar-refractivity contribution is -0.176. The number of hydrogen-bond donors (Lipinski definition) is 2. The zero-order valence-electron chi connectivity index (χ0n) is 53.8. The van der Waals surface area contributed by atoms with Crippen molar-refractivity contribution in [2.45, 2.75) is 169 Å². The van der Waals surface area contributed by atoms with Gasteiger partial charge in [0.1, 0.15) is 24.2 Å². The predicted octanol–water partition coefficient (Wildman–Crippen LogP) is 4.87. The van der Waals surface area contributed by atoms with Crippen LogP contribution in [-0.2, 0) is 83.2 Å². The van der Waals surface area contributed by atoms with Crippen LogP contribution >= 0.6 is 0 Å². The largest absolute Gasteiger partial charge is 0.451 e. The van der Waals surface area contributed by atoms with E-state index in [9.17, 15) is 38.4 Å². The quantitative estimate of drug-likeness (QED) is 0.0993. The maximum atomic E-state index is 15.1. The third kappa shape index (κ3) is 19.3. The Morgan fingerprint density at radius 1 is 0.432 bits per heavy atom. The summed E-state index contributed by atoms with van der Waals surface area (Å²) in [4.78, 5) is 147. The summed E-state index contributed by atoms with van der Waals surface area (Å²) in [6, 6.07) is 8.80. The first kappa shape index (κ1) is 70.3. The van der Waals surface area contributed by atoms with Gasteiger partial charge in [-0.3, -0.25) is 38.1 Å². The van der Waals surface area contributed by atoms with Gasteiger partial charge >= 0.3 is 23.9 Å². The number of nitrogens with one attached hydrogen (secondary N) is 2. The van der Waals surface area contributed by atoms with Crippen molar-refractivity contribution in [1.82, 2.24) is 49.8 Å². The SMILES string of the molecule is CNC(=O)c1cnn(Cc2ccc(C[C@H]3OC(=O)[C@H](CC(C)C)N(C)C(=O)[C@@H](C)OC(=O)[C@H](CC(C)C)N(C)C(=O)[C@@H](Cc4ccc(Cn5cc(C(=O)NC)cn5)cc4)OC(=O)[C@H](CC(C)C)N(C)C(=O)[C@@H](C)OC(=O)[C@H](CC(C)C)N(C)C3=O)cc2)c1. The highest BCUT2D eigenvalue weighted by atomic mass is 16.6. The minimum atomic E-state index is -1.59. The molecule has 0 bridgehead atoms. The summed E-state index contributed by atoms with van der Waals surface area (Å²) in [5.74, 6) is -8.48. The highest BCUT2D eigenvalue weighted by Gasteiger charge is 2.43. The Labute approximate surface area is 516 Å². The first-order valence-corrected chi connectivity index (χ1v) is 30.0. The lowest BCUT2D eigenvalue weighted by Crippen LogP contribution is -2.55. The molecule has 24 heteroatoms. The number of ether oxygens (including phenoxy) is 4. The number of benzene rings is 2. The number of carbonyl (C=O) groups excluding carboxylic acids is 10. The van der Waals surface area contributed by atoms with E-state index in [1.165, 1.54) is 68.5 Å². The second-order valence-electron chi connectivity index (χ2n) is 24.4. The third-order valence-corrected chi connectivity index (χ3v) is 15.3. The van der Waals surface area contributed by atoms with E-state index in [1.807, 2.05) is 55.4 Å². The maximum absolute atomic E-state index is 15.1. The Morgan fingerprint density at radius 3 is 0.966 bits per heavy atom. The molecule has 0 unspecified atom stereocenters. The van der Waals surface area contributed by atoms with Gasteiger partial charge in [-0.2, -0.15) is 10.2 Å². The molecule has 0 spiro atoms. The molecule has 1 saturated heterocycles. The number of amides is 6. The van der Waals surface area contributed by atoms with Gasteiger partial charge in [0.25, 0.3) is 35.4 Å². The summed E-state index contributed by atoms with van der Waals surface area (Å²) >= 11 is 0. The second-order valence-corrected chi connectivity index (χ2v) is 24.4. The molecule has 24 nitrogen and oxygen atoms in total. The molecule has 8 atom stereocenters. The van der Waals surface area contributed by atoms with Gasteiger partial charge in [-0.25, -0.2) is 19.2 Å². The molecule has 0 radical (unpaired) electrons. The average molecular weight is 1220 g/mol. The van der Waals surface area contributed by atoms with Gasteiger partial charge in [0, 0.05) is 67.5 Å². The molecule has 88 heavy (non-hydrogen) atoms. The van der Waals surface area contributed by atoms with Crippen molar-refractivity contribution in [3.05, 3.63) is 107 Å². The van der Waals surface area contributed by atoms with Crippen LogP contribution in [-0.4, -0.2) is 189 Å². The summed E-state index contributed by atoms with van der Waals surface area (Å²) in [5, 5.41) is 13.7. The Bertz CT molecular complexity index is 2860. The van der Waals surface area contributed by atoms with Crippen molar-refractivity contribution < 1.29 is 66.9 Å². The second kappa shape index (κ2) is 32.0. The Morgan fingerprint density at radius 2 is 0.693 bits per heavy atom. The van der Waals surface area contributed by atoms with E-state index in [4.69, 9.17) is 18.9 Å². The summed E-state index contributed by atoms with van der Waals surface area (Å²) in [5.41, 5.74) is 3.43. The fraction of sp³-hybridized carbons (Fsp3) is 0.562. The van der Waals surface area contributed by atoms with Crippen LogP contribution < -0.4 is 10.6 Å². The van der Waals surface area contributed by atoms with Gasteiger partial charge in [-0.1, -0.05) is 104 Å². The molecule has 3 heterocycles. The number of carbonyl (C=O) groups is 10. The van der Waals surface area contributed by atoms with Crippen molar-refractivity contribution >= 4 is 59.3 Å². The molecule has 480 valence electrons. The first-order chi connectivity index (χ1) is 41.4. The van der Waals surface area contributed by atoms with Crippen LogP contribution in [0.25, 0.3) is 0 Å². The topological polar surface area (TPSA) is 280 Å². The fourth-order valence-electron chi connectivity index (χ4n) is 10.3. The van der Waals surface area contributed by atoms with Gasteiger partial charge in [-0.15, -0.1) is 0 Å². The standard InChI is InChI=1S/C64H90N10O14/c1-37(2)25-49-61(81)85-41(9)57(77)69(13)52(28-40(7)8)64(84)88-54(30-44-19-23-46(24-20-44)34-74-36-48(32-68-74)56(76)66-12)60(80)72(16)50(26-38(3)4)62(82)86-42(10)58(78)70(14)51(27-39(5)6)63(83)87-53(59(79)71(49)15)29-43-17-21-45(22-18-43)33-73-35-47(31-67-73)55(75)65-11/h17-24,31-32,35-42,49-54H,25-30,33-34H2,1-16H3,(H,65,75)(H,66,76)/t41-,42-,49+,50+,51+,52+,53-,54-/m1/s1. The van der Waals surface area contributed by atoms with Crippen molar-refractivity contribution in [2.24, 2.45) is 23.7 Å². The zero-order valence-corrected chi connectivity index (χ0v) is 53.8. The molecular weight excluding hydrogens is 1130 g/mol. The summed E-state index contributed by atoms with van der Waals surface area (Å²) < 4.78 is 27.4. The monoisotopic (exact) mass is 1220 g/mol. The van der Waals surface area contributed by atoms with Crippen LogP contribution in [0.2, 0.25) is 0 Å². The molecule has 1 aliphatic rings. The van der Waals surface area contributed by atoms with E-state index in [0.717, 1.165) is 30.7 Å². The van der Waals surface area contributed by atoms with Crippen molar-refractivity contribution in [1.29, 1.82) is 0 Å². The van der Waals surface area contributed by atoms with Gasteiger partial charge in [-0.05, 0) is 85.5 Å². The predicted molar refractivity (Wildman–Crippen MR) is 325 cm³/mol. The maximum Gasteiger partial charge on any atom is 0.329 e. The molecule has 1 fully saturated rings. The molecule has 0 saturated carbocycles. The highest BCUT2D eigenvalue weighted by Crippen LogP contribution is 2.25. The van der Waals surface area contributed by atoms with Crippen LogP contribution in [0.15, 0.2) is 73.3 Å². The third-order valence-electron chi connectivity index (χ3n) is 15.3. The first-order valence-electron chi connectivity index (χ1n) is 30.0. The van der Waals surface area contributed by atoms with E-state index in [0.29, 0.717) is 35.3 Å². The van der Waals surface area contributed by atoms with Gasteiger partial charge in [0.15, 0.2) is 24.4 Å². The minimum Gasteiger partial charge on any atom is -0.451 e. The van der Waals surface area contributed by atoms with Crippen molar-refractivity contribution in [2.75, 3.05) is 42.3 Å². The number of esters is 4. The molecule has 1 aliphatic heterocycles. The minimum absolute atomic E-state index is 0.0449. The Kier molecular flexibility index (Phi) is 25.6. The van der Waals surface area contributed by atoms with Gasteiger partial charge in [0.05, 0.1) is 36.6 Å². The van der Waals surface area contributed by atoms with Crippen LogP contribution in [0.1, 0.15) is 138 Å². The number of rotatable bonds is 18.